The normalized spacial score (nSPS) is 18.9. The van der Waals surface area contributed by atoms with Crippen molar-refractivity contribution in [2.24, 2.45) is 15.7 Å². The first-order chi connectivity index (χ1) is 16.3. The van der Waals surface area contributed by atoms with Crippen LogP contribution in [0.4, 0.5) is 0 Å². The third-order valence-electron chi connectivity index (χ3n) is 5.51. The van der Waals surface area contributed by atoms with Crippen LogP contribution in [0.2, 0.25) is 10.0 Å². The van der Waals surface area contributed by atoms with E-state index in [-0.39, 0.29) is 0 Å². The first kappa shape index (κ1) is 23.7. The van der Waals surface area contributed by atoms with Crippen LogP contribution in [0, 0.1) is 0 Å². The summed E-state index contributed by atoms with van der Waals surface area (Å²) in [4.78, 5) is 25.1. The molecule has 2 aliphatic rings. The molecule has 0 fully saturated rings. The number of aromatic nitrogens is 1. The number of fused-ring (bicyclic) bond motifs is 1. The smallest absolute Gasteiger partial charge is 0.300 e. The van der Waals surface area contributed by atoms with Gasteiger partial charge < -0.3 is 10.8 Å². The molecule has 0 aliphatic carbocycles. The van der Waals surface area contributed by atoms with Crippen molar-refractivity contribution in [3.8, 4) is 11.1 Å². The monoisotopic (exact) mass is 495 g/mol. The molecule has 1 atom stereocenters. The molecule has 3 N–H and O–H groups in total. The third-order valence-corrected chi connectivity index (χ3v) is 5.95. The Bertz CT molecular complexity index is 1260. The van der Waals surface area contributed by atoms with Gasteiger partial charge in [-0.2, -0.15) is 0 Å². The van der Waals surface area contributed by atoms with Crippen molar-refractivity contribution >= 4 is 41.0 Å². The lowest BCUT2D eigenvalue weighted by Crippen LogP contribution is -2.46. The molecule has 1 aromatic heterocycles. The average Bonchev–Trinajstić information content (AvgIpc) is 3.12. The number of aliphatic imine (C=N–C) groups is 2. The molecule has 2 aliphatic heterocycles. The molecule has 7 nitrogen and oxygen atoms in total. The summed E-state index contributed by atoms with van der Waals surface area (Å²) in [6.07, 6.45) is 4.50. The zero-order valence-corrected chi connectivity index (χ0v) is 20.0. The Kier molecular flexibility index (Phi) is 6.86. The van der Waals surface area contributed by atoms with Crippen molar-refractivity contribution in [1.82, 2.24) is 9.88 Å². The van der Waals surface area contributed by atoms with Gasteiger partial charge in [-0.15, -0.1) is 0 Å². The number of pyridine rings is 1. The molecule has 174 valence electrons. The molecule has 0 saturated heterocycles. The number of carboxylic acid groups (broad SMARTS) is 1. The molecule has 1 unspecified atom stereocenters. The number of nitrogens with zero attached hydrogens (tertiary/aromatic N) is 4. The zero-order chi connectivity index (χ0) is 24.3. The molecule has 0 radical (unpaired) electrons. The van der Waals surface area contributed by atoms with Crippen LogP contribution in [0.5, 0.6) is 0 Å². The standard InChI is InChI=1S/C23H19Cl2N5.C2H4O2/c24-19-12-16(13-20(25)14-19)15-3-1-4-18(11-15)23(17-5-8-27-9-6-17)21-28-7-2-10-30(21)22(26)29-23;1-2(3)4/h1,3-6,8-9,11-14H,2,7,10H2,(H2,26,29);1H3,(H,3,4). The van der Waals surface area contributed by atoms with Gasteiger partial charge in [0.2, 0.25) is 0 Å². The fraction of sp³-hybridized carbons (Fsp3) is 0.200. The maximum absolute atomic E-state index is 9.00. The first-order valence-electron chi connectivity index (χ1n) is 10.7. The molecule has 3 aromatic rings. The number of hydrogen-bond donors (Lipinski definition) is 2. The zero-order valence-electron chi connectivity index (χ0n) is 18.4. The molecule has 9 heteroatoms. The molecule has 0 bridgehead atoms. The van der Waals surface area contributed by atoms with Crippen LogP contribution < -0.4 is 5.73 Å². The summed E-state index contributed by atoms with van der Waals surface area (Å²) in [5.74, 6) is 0.514. The lowest BCUT2D eigenvalue weighted by molar-refractivity contribution is -0.134. The van der Waals surface area contributed by atoms with Gasteiger partial charge in [0.15, 0.2) is 11.5 Å². The number of carboxylic acids is 1. The number of carbonyl (C=O) groups is 1. The summed E-state index contributed by atoms with van der Waals surface area (Å²) < 4.78 is 0. The fourth-order valence-corrected chi connectivity index (χ4v) is 4.74. The topological polar surface area (TPSA) is 104 Å². The van der Waals surface area contributed by atoms with Gasteiger partial charge in [-0.1, -0.05) is 41.4 Å². The third kappa shape index (κ3) is 4.62. The maximum atomic E-state index is 9.00. The quantitative estimate of drug-likeness (QED) is 0.541. The van der Waals surface area contributed by atoms with Crippen LogP contribution in [0.1, 0.15) is 24.5 Å². The van der Waals surface area contributed by atoms with E-state index in [0.29, 0.717) is 16.0 Å². The second kappa shape index (κ2) is 9.83. The van der Waals surface area contributed by atoms with E-state index >= 15 is 0 Å². The van der Waals surface area contributed by atoms with E-state index in [4.69, 9.17) is 48.8 Å². The van der Waals surface area contributed by atoms with E-state index in [2.05, 4.69) is 17.1 Å². The minimum atomic E-state index is -0.833. The number of halogens is 2. The Hall–Kier alpha value is -3.42. The van der Waals surface area contributed by atoms with Crippen LogP contribution in [0.3, 0.4) is 0 Å². The summed E-state index contributed by atoms with van der Waals surface area (Å²) in [6.45, 7) is 2.65. The second-order valence-electron chi connectivity index (χ2n) is 7.88. The van der Waals surface area contributed by atoms with Crippen molar-refractivity contribution in [2.75, 3.05) is 13.1 Å². The van der Waals surface area contributed by atoms with Gasteiger partial charge in [0.25, 0.3) is 5.97 Å². The summed E-state index contributed by atoms with van der Waals surface area (Å²) in [7, 11) is 0. The van der Waals surface area contributed by atoms with Gasteiger partial charge in [-0.05, 0) is 65.1 Å². The van der Waals surface area contributed by atoms with E-state index in [1.807, 2.05) is 41.3 Å². The minimum absolute atomic E-state index is 0.487. The first-order valence-corrected chi connectivity index (χ1v) is 11.4. The summed E-state index contributed by atoms with van der Waals surface area (Å²) in [5, 5.41) is 8.61. The van der Waals surface area contributed by atoms with Gasteiger partial charge >= 0.3 is 0 Å². The van der Waals surface area contributed by atoms with Crippen LogP contribution in [0.15, 0.2) is 77.0 Å². The highest BCUT2D eigenvalue weighted by Gasteiger charge is 2.49. The Morgan fingerprint density at radius 2 is 1.71 bits per heavy atom. The number of aliphatic carboxylic acids is 1. The lowest BCUT2D eigenvalue weighted by atomic mass is 9.81. The SMILES string of the molecule is CC(=O)O.NC1=NC(c2ccncc2)(c2cccc(-c3cc(Cl)cc(Cl)c3)c2)C2=NCCCN12. The Balaban J connectivity index is 0.000000636. The predicted molar refractivity (Wildman–Crippen MR) is 135 cm³/mol. The van der Waals surface area contributed by atoms with E-state index in [1.54, 1.807) is 18.5 Å². The van der Waals surface area contributed by atoms with Crippen LogP contribution in [-0.4, -0.2) is 45.8 Å². The van der Waals surface area contributed by atoms with Crippen molar-refractivity contribution < 1.29 is 9.90 Å². The summed E-state index contributed by atoms with van der Waals surface area (Å²) in [6, 6.07) is 17.7. The number of guanidine groups is 1. The van der Waals surface area contributed by atoms with Gasteiger partial charge in [-0.25, -0.2) is 4.99 Å². The molecule has 0 saturated carbocycles. The molecule has 5 rings (SSSR count). The molecule has 2 aromatic carbocycles. The number of nitrogens with two attached hydrogens (primary N) is 1. The summed E-state index contributed by atoms with van der Waals surface area (Å²) in [5.41, 5.74) is 9.45. The van der Waals surface area contributed by atoms with Crippen molar-refractivity contribution in [1.29, 1.82) is 0 Å². The molecule has 3 heterocycles. The van der Waals surface area contributed by atoms with Crippen LogP contribution >= 0.6 is 23.2 Å². The van der Waals surface area contributed by atoms with Crippen molar-refractivity contribution in [3.63, 3.8) is 0 Å². The Morgan fingerprint density at radius 1 is 1.03 bits per heavy atom. The maximum Gasteiger partial charge on any atom is 0.300 e. The summed E-state index contributed by atoms with van der Waals surface area (Å²) >= 11 is 12.5. The molecule has 0 spiro atoms. The largest absolute Gasteiger partial charge is 0.481 e. The highest BCUT2D eigenvalue weighted by atomic mass is 35.5. The van der Waals surface area contributed by atoms with E-state index in [1.165, 1.54) is 0 Å². The number of rotatable bonds is 3. The fourth-order valence-electron chi connectivity index (χ4n) is 4.21. The molecule has 0 amide bonds. The average molecular weight is 496 g/mol. The highest BCUT2D eigenvalue weighted by Crippen LogP contribution is 2.42. The molecular weight excluding hydrogens is 473 g/mol. The minimum Gasteiger partial charge on any atom is -0.481 e. The van der Waals surface area contributed by atoms with Crippen LogP contribution in [0.25, 0.3) is 11.1 Å². The van der Waals surface area contributed by atoms with Gasteiger partial charge in [0, 0.05) is 42.5 Å². The lowest BCUT2D eigenvalue weighted by Gasteiger charge is -2.33. The molecular formula is C25H23Cl2N5O2. The van der Waals surface area contributed by atoms with E-state index in [9.17, 15) is 0 Å². The highest BCUT2D eigenvalue weighted by molar-refractivity contribution is 6.35. The van der Waals surface area contributed by atoms with Crippen LogP contribution in [-0.2, 0) is 10.3 Å². The Labute approximate surface area is 207 Å². The van der Waals surface area contributed by atoms with Gasteiger partial charge in [-0.3, -0.25) is 19.7 Å². The number of hydrogen-bond acceptors (Lipinski definition) is 6. The number of amidine groups is 1. The predicted octanol–water partition coefficient (Wildman–Crippen LogP) is 4.82. The van der Waals surface area contributed by atoms with Gasteiger partial charge in [0.05, 0.1) is 0 Å². The Morgan fingerprint density at radius 3 is 2.38 bits per heavy atom. The van der Waals surface area contributed by atoms with Crippen molar-refractivity contribution in [2.45, 2.75) is 18.9 Å². The second-order valence-corrected chi connectivity index (χ2v) is 8.76. The molecule has 34 heavy (non-hydrogen) atoms. The van der Waals surface area contributed by atoms with Gasteiger partial charge in [0.1, 0.15) is 5.84 Å². The van der Waals surface area contributed by atoms with E-state index in [0.717, 1.165) is 54.5 Å². The van der Waals surface area contributed by atoms with E-state index < -0.39 is 11.5 Å². The number of benzene rings is 2. The van der Waals surface area contributed by atoms with Crippen molar-refractivity contribution in [3.05, 3.63) is 88.2 Å².